The number of carbonyl (C=O) groups is 1. The van der Waals surface area contributed by atoms with Gasteiger partial charge >= 0.3 is 0 Å². The molecule has 4 aliphatic carbocycles. The number of carbonyl (C=O) groups excluding carboxylic acids is 1. The fourth-order valence-electron chi connectivity index (χ4n) is 6.78. The van der Waals surface area contributed by atoms with Crippen LogP contribution >= 0.6 is 11.3 Å². The number of rotatable bonds is 6. The fraction of sp³-hybridized carbons (Fsp3) is 0.773. The van der Waals surface area contributed by atoms with Gasteiger partial charge < -0.3 is 5.32 Å². The Bertz CT molecular complexity index is 615. The Morgan fingerprint density at radius 3 is 2.26 bits per heavy atom. The maximum absolute atomic E-state index is 12.6. The molecule has 148 valence electrons. The summed E-state index contributed by atoms with van der Waals surface area (Å²) in [6, 6.07) is 4.35. The molecule has 5 heteroatoms. The summed E-state index contributed by atoms with van der Waals surface area (Å²) in [5, 5.41) is 5.49. The average Bonchev–Trinajstić information content (AvgIpc) is 3.14. The molecule has 1 N–H and O–H groups in total. The largest absolute Gasteiger partial charge is 0.354 e. The van der Waals surface area contributed by atoms with Gasteiger partial charge in [-0.2, -0.15) is 0 Å². The van der Waals surface area contributed by atoms with E-state index in [1.165, 1.54) is 43.4 Å². The van der Waals surface area contributed by atoms with Gasteiger partial charge in [0.05, 0.1) is 6.54 Å². The van der Waals surface area contributed by atoms with Crippen LogP contribution in [0.15, 0.2) is 17.5 Å². The first kappa shape index (κ1) is 18.1. The van der Waals surface area contributed by atoms with Crippen LogP contribution in [0.25, 0.3) is 0 Å². The maximum atomic E-state index is 12.6. The zero-order valence-electron chi connectivity index (χ0n) is 16.4. The van der Waals surface area contributed by atoms with E-state index in [4.69, 9.17) is 0 Å². The van der Waals surface area contributed by atoms with Crippen molar-refractivity contribution in [2.45, 2.75) is 45.1 Å². The number of hydrogen-bond acceptors (Lipinski definition) is 4. The first-order valence-electron chi connectivity index (χ1n) is 10.9. The monoisotopic (exact) mass is 387 g/mol. The molecule has 4 saturated carbocycles. The van der Waals surface area contributed by atoms with Crippen molar-refractivity contribution >= 4 is 17.2 Å². The lowest BCUT2D eigenvalue weighted by atomic mass is 9.49. The minimum Gasteiger partial charge on any atom is -0.354 e. The van der Waals surface area contributed by atoms with E-state index in [0.717, 1.165) is 57.0 Å². The molecule has 1 amide bonds. The van der Waals surface area contributed by atoms with E-state index in [1.54, 1.807) is 0 Å². The van der Waals surface area contributed by atoms with Crippen LogP contribution in [0.4, 0.5) is 0 Å². The summed E-state index contributed by atoms with van der Waals surface area (Å²) < 4.78 is 0. The molecule has 4 bridgehead atoms. The lowest BCUT2D eigenvalue weighted by Gasteiger charge is -2.57. The van der Waals surface area contributed by atoms with Crippen molar-refractivity contribution < 1.29 is 4.79 Å². The van der Waals surface area contributed by atoms with Crippen molar-refractivity contribution in [2.75, 3.05) is 39.3 Å². The van der Waals surface area contributed by atoms with Gasteiger partial charge in [-0.3, -0.25) is 14.6 Å². The highest BCUT2D eigenvalue weighted by Gasteiger charge is 2.50. The van der Waals surface area contributed by atoms with Gasteiger partial charge in [-0.05, 0) is 73.1 Å². The fourth-order valence-corrected chi connectivity index (χ4v) is 7.53. The Morgan fingerprint density at radius 2 is 1.67 bits per heavy atom. The van der Waals surface area contributed by atoms with E-state index < -0.39 is 0 Å². The third-order valence-corrected chi connectivity index (χ3v) is 8.48. The summed E-state index contributed by atoms with van der Waals surface area (Å²) in [5.41, 5.74) is 0.448. The molecular weight excluding hydrogens is 354 g/mol. The normalized spacial score (nSPS) is 36.2. The minimum atomic E-state index is 0.248. The van der Waals surface area contributed by atoms with Gasteiger partial charge in [0.25, 0.3) is 0 Å². The Balaban J connectivity index is 1.05. The lowest BCUT2D eigenvalue weighted by Crippen LogP contribution is -2.53. The van der Waals surface area contributed by atoms with Gasteiger partial charge in [-0.1, -0.05) is 6.07 Å². The molecule has 1 aromatic rings. The molecule has 0 spiro atoms. The van der Waals surface area contributed by atoms with Gasteiger partial charge in [-0.25, -0.2) is 0 Å². The summed E-state index contributed by atoms with van der Waals surface area (Å²) in [4.78, 5) is 18.9. The standard InChI is InChI=1S/C22H33N3OS/c26-21(15-25-5-3-24(4-6-25)14-20-2-1-7-27-20)23-16-22-11-17-8-18(12-22)10-19(9-17)13-22/h1-2,7,17-19H,3-6,8-16H2,(H,23,26). The molecule has 4 nitrogen and oxygen atoms in total. The first-order valence-corrected chi connectivity index (χ1v) is 11.8. The van der Waals surface area contributed by atoms with E-state index in [-0.39, 0.29) is 5.91 Å². The lowest BCUT2D eigenvalue weighted by molar-refractivity contribution is -0.124. The van der Waals surface area contributed by atoms with Crippen LogP contribution in [0.1, 0.15) is 43.4 Å². The van der Waals surface area contributed by atoms with Crippen LogP contribution < -0.4 is 5.32 Å². The Morgan fingerprint density at radius 1 is 1.04 bits per heavy atom. The third kappa shape index (κ3) is 4.10. The van der Waals surface area contributed by atoms with Crippen molar-refractivity contribution in [1.82, 2.24) is 15.1 Å². The first-order chi connectivity index (χ1) is 13.2. The highest BCUT2D eigenvalue weighted by molar-refractivity contribution is 7.09. The maximum Gasteiger partial charge on any atom is 0.234 e. The van der Waals surface area contributed by atoms with E-state index in [9.17, 15) is 4.79 Å². The Hall–Kier alpha value is -0.910. The second-order valence-electron chi connectivity index (χ2n) is 9.83. The topological polar surface area (TPSA) is 35.6 Å². The predicted molar refractivity (Wildman–Crippen MR) is 110 cm³/mol. The van der Waals surface area contributed by atoms with Crippen LogP contribution in [0.3, 0.4) is 0 Å². The van der Waals surface area contributed by atoms with E-state index >= 15 is 0 Å². The van der Waals surface area contributed by atoms with Crippen LogP contribution in [0, 0.1) is 23.2 Å². The van der Waals surface area contributed by atoms with Crippen molar-refractivity contribution in [3.63, 3.8) is 0 Å². The molecule has 5 fully saturated rings. The molecule has 0 atom stereocenters. The molecule has 5 aliphatic rings. The summed E-state index contributed by atoms with van der Waals surface area (Å²) in [6.07, 6.45) is 8.55. The van der Waals surface area contributed by atoms with Gasteiger partial charge in [0.1, 0.15) is 0 Å². The van der Waals surface area contributed by atoms with Crippen molar-refractivity contribution in [3.05, 3.63) is 22.4 Å². The van der Waals surface area contributed by atoms with Gasteiger partial charge in [-0.15, -0.1) is 11.3 Å². The van der Waals surface area contributed by atoms with Gasteiger partial charge in [0.15, 0.2) is 0 Å². The predicted octanol–water partition coefficient (Wildman–Crippen LogP) is 3.20. The quantitative estimate of drug-likeness (QED) is 0.814. The van der Waals surface area contributed by atoms with E-state index in [1.807, 2.05) is 11.3 Å². The zero-order valence-corrected chi connectivity index (χ0v) is 17.2. The number of nitrogens with one attached hydrogen (secondary N) is 1. The molecule has 0 aromatic carbocycles. The molecule has 0 unspecified atom stereocenters. The molecular formula is C22H33N3OS. The van der Waals surface area contributed by atoms with Crippen LogP contribution in [0.5, 0.6) is 0 Å². The van der Waals surface area contributed by atoms with Crippen LogP contribution in [-0.4, -0.2) is 55.0 Å². The van der Waals surface area contributed by atoms with Crippen LogP contribution in [0.2, 0.25) is 0 Å². The van der Waals surface area contributed by atoms with Crippen LogP contribution in [-0.2, 0) is 11.3 Å². The minimum absolute atomic E-state index is 0.248. The third-order valence-electron chi connectivity index (χ3n) is 7.62. The SMILES string of the molecule is O=C(CN1CCN(Cc2cccs2)CC1)NCC12CC3CC(CC(C3)C1)C2. The number of piperazine rings is 1. The summed E-state index contributed by atoms with van der Waals surface area (Å²) in [6.45, 7) is 6.74. The van der Waals surface area contributed by atoms with Crippen molar-refractivity contribution in [3.8, 4) is 0 Å². The highest BCUT2D eigenvalue weighted by atomic mass is 32.1. The zero-order chi connectivity index (χ0) is 18.3. The van der Waals surface area contributed by atoms with E-state index in [2.05, 4.69) is 32.6 Å². The Kier molecular flexibility index (Phi) is 5.03. The molecule has 1 aromatic heterocycles. The number of amides is 1. The Labute approximate surface area is 167 Å². The van der Waals surface area contributed by atoms with Gasteiger partial charge in [0, 0.05) is 44.1 Å². The summed E-state index contributed by atoms with van der Waals surface area (Å²) in [7, 11) is 0. The number of thiophene rings is 1. The molecule has 6 rings (SSSR count). The molecule has 1 aliphatic heterocycles. The summed E-state index contributed by atoms with van der Waals surface area (Å²) in [5.74, 6) is 3.14. The molecule has 2 heterocycles. The smallest absolute Gasteiger partial charge is 0.234 e. The number of hydrogen-bond donors (Lipinski definition) is 1. The highest BCUT2D eigenvalue weighted by Crippen LogP contribution is 2.59. The van der Waals surface area contributed by atoms with Crippen molar-refractivity contribution in [1.29, 1.82) is 0 Å². The summed E-state index contributed by atoms with van der Waals surface area (Å²) >= 11 is 1.84. The second kappa shape index (κ2) is 7.49. The average molecular weight is 388 g/mol. The second-order valence-corrected chi connectivity index (χ2v) is 10.9. The van der Waals surface area contributed by atoms with Crippen molar-refractivity contribution in [2.24, 2.45) is 23.2 Å². The van der Waals surface area contributed by atoms with E-state index in [0.29, 0.717) is 12.0 Å². The molecule has 0 radical (unpaired) electrons. The number of nitrogens with zero attached hydrogens (tertiary/aromatic N) is 2. The molecule has 27 heavy (non-hydrogen) atoms. The molecule has 1 saturated heterocycles. The van der Waals surface area contributed by atoms with Gasteiger partial charge in [0.2, 0.25) is 5.91 Å².